The molecule has 0 aliphatic carbocycles. The maximum Gasteiger partial charge on any atom is 0.194 e. The lowest BCUT2D eigenvalue weighted by Crippen LogP contribution is -2.39. The Morgan fingerprint density at radius 2 is 2.00 bits per heavy atom. The highest BCUT2D eigenvalue weighted by Crippen LogP contribution is 2.16. The molecule has 0 spiro atoms. The van der Waals surface area contributed by atoms with E-state index in [0.29, 0.717) is 18.8 Å². The Hall–Kier alpha value is -2.15. The molecule has 1 aromatic heterocycles. The number of rotatable bonds is 7. The molecule has 27 heavy (non-hydrogen) atoms. The maximum atomic E-state index is 12.2. The van der Waals surface area contributed by atoms with Gasteiger partial charge in [-0.15, -0.1) is 0 Å². The fourth-order valence-electron chi connectivity index (χ4n) is 2.52. The van der Waals surface area contributed by atoms with E-state index < -0.39 is 10.8 Å². The monoisotopic (exact) mass is 389 g/mol. The third-order valence-electron chi connectivity index (χ3n) is 4.02. The van der Waals surface area contributed by atoms with E-state index in [-0.39, 0.29) is 4.75 Å². The first kappa shape index (κ1) is 21.2. The zero-order chi connectivity index (χ0) is 19.9. The number of aromatic nitrogens is 2. The molecule has 1 aromatic carbocycles. The van der Waals surface area contributed by atoms with Gasteiger partial charge in [-0.3, -0.25) is 9.20 Å². The number of imidazole rings is 1. The first-order chi connectivity index (χ1) is 12.8. The van der Waals surface area contributed by atoms with Gasteiger partial charge >= 0.3 is 0 Å². The molecule has 1 heterocycles. The second-order valence-corrected chi connectivity index (χ2v) is 9.69. The van der Waals surface area contributed by atoms with Crippen molar-refractivity contribution in [2.45, 2.75) is 39.0 Å². The molecule has 0 aliphatic heterocycles. The lowest BCUT2D eigenvalue weighted by molar-refractivity contribution is 0.464. The molecule has 0 saturated heterocycles. The Morgan fingerprint density at radius 1 is 1.30 bits per heavy atom. The quantitative estimate of drug-likeness (QED) is 0.564. The SMILES string of the molecule is CCNC(=NCCS(=O)C(C)(C)C)N(C)Cc1ncc(-c2ccccc2)[nH]1. The van der Waals surface area contributed by atoms with Crippen molar-refractivity contribution < 1.29 is 4.21 Å². The van der Waals surface area contributed by atoms with E-state index in [9.17, 15) is 4.21 Å². The largest absolute Gasteiger partial charge is 0.357 e. The fraction of sp³-hybridized carbons (Fsp3) is 0.500. The first-order valence-corrected chi connectivity index (χ1v) is 10.6. The van der Waals surface area contributed by atoms with E-state index in [4.69, 9.17) is 0 Å². The van der Waals surface area contributed by atoms with Gasteiger partial charge in [0.15, 0.2) is 5.96 Å². The molecule has 0 fully saturated rings. The van der Waals surface area contributed by atoms with Gasteiger partial charge in [-0.1, -0.05) is 30.3 Å². The van der Waals surface area contributed by atoms with Crippen LogP contribution in [-0.2, 0) is 17.3 Å². The lowest BCUT2D eigenvalue weighted by atomic mass is 10.2. The molecule has 0 aliphatic rings. The van der Waals surface area contributed by atoms with E-state index in [1.54, 1.807) is 0 Å². The average molecular weight is 390 g/mol. The number of nitrogens with one attached hydrogen (secondary N) is 2. The summed E-state index contributed by atoms with van der Waals surface area (Å²) in [7, 11) is 1.08. The van der Waals surface area contributed by atoms with Crippen LogP contribution in [0.25, 0.3) is 11.3 Å². The summed E-state index contributed by atoms with van der Waals surface area (Å²) in [6.45, 7) is 9.93. The van der Waals surface area contributed by atoms with Crippen LogP contribution >= 0.6 is 0 Å². The zero-order valence-corrected chi connectivity index (χ0v) is 17.8. The summed E-state index contributed by atoms with van der Waals surface area (Å²) >= 11 is 0. The zero-order valence-electron chi connectivity index (χ0n) is 17.0. The van der Waals surface area contributed by atoms with Crippen molar-refractivity contribution >= 4 is 16.8 Å². The third kappa shape index (κ3) is 6.50. The van der Waals surface area contributed by atoms with E-state index in [1.165, 1.54) is 0 Å². The van der Waals surface area contributed by atoms with Gasteiger partial charge in [0.1, 0.15) is 5.82 Å². The molecule has 0 saturated carbocycles. The second-order valence-electron chi connectivity index (χ2n) is 7.36. The van der Waals surface area contributed by atoms with E-state index in [1.807, 2.05) is 64.0 Å². The Labute approximate surface area is 165 Å². The standard InChI is InChI=1S/C20H31N5OS/c1-6-21-19(22-12-13-27(26)20(2,3)4)25(5)15-18-23-14-17(24-18)16-10-8-7-9-11-16/h7-11,14H,6,12-13,15H2,1-5H3,(H,21,22)(H,23,24). The van der Waals surface area contributed by atoms with Gasteiger partial charge in [-0.05, 0) is 33.3 Å². The summed E-state index contributed by atoms with van der Waals surface area (Å²) in [5, 5.41) is 3.29. The van der Waals surface area contributed by atoms with Crippen molar-refractivity contribution in [1.82, 2.24) is 20.2 Å². The number of hydrogen-bond donors (Lipinski definition) is 2. The van der Waals surface area contributed by atoms with E-state index >= 15 is 0 Å². The maximum absolute atomic E-state index is 12.2. The number of aliphatic imine (C=N–C) groups is 1. The van der Waals surface area contributed by atoms with Crippen LogP contribution in [0.5, 0.6) is 0 Å². The smallest absolute Gasteiger partial charge is 0.194 e. The van der Waals surface area contributed by atoms with Gasteiger partial charge in [0.2, 0.25) is 0 Å². The molecular formula is C20H31N5OS. The lowest BCUT2D eigenvalue weighted by Gasteiger charge is -2.21. The highest BCUT2D eigenvalue weighted by Gasteiger charge is 2.18. The van der Waals surface area contributed by atoms with Crippen LogP contribution in [0.1, 0.15) is 33.5 Å². The molecule has 0 amide bonds. The summed E-state index contributed by atoms with van der Waals surface area (Å²) in [4.78, 5) is 14.5. The first-order valence-electron chi connectivity index (χ1n) is 9.28. The summed E-state index contributed by atoms with van der Waals surface area (Å²) in [5.74, 6) is 2.23. The van der Waals surface area contributed by atoms with Crippen molar-refractivity contribution in [3.05, 3.63) is 42.4 Å². The van der Waals surface area contributed by atoms with Crippen LogP contribution in [0.15, 0.2) is 41.5 Å². The molecule has 6 nitrogen and oxygen atoms in total. The summed E-state index contributed by atoms with van der Waals surface area (Å²) in [6, 6.07) is 10.1. The van der Waals surface area contributed by atoms with E-state index in [2.05, 4.69) is 32.4 Å². The predicted molar refractivity (Wildman–Crippen MR) is 114 cm³/mol. The molecule has 2 aromatic rings. The Bertz CT molecular complexity index is 764. The normalized spacial score (nSPS) is 13.4. The van der Waals surface area contributed by atoms with Crippen molar-refractivity contribution in [2.24, 2.45) is 4.99 Å². The summed E-state index contributed by atoms with van der Waals surface area (Å²) < 4.78 is 12.0. The van der Waals surface area contributed by atoms with Gasteiger partial charge in [-0.25, -0.2) is 4.98 Å². The summed E-state index contributed by atoms with van der Waals surface area (Å²) in [6.07, 6.45) is 1.86. The molecule has 0 radical (unpaired) electrons. The van der Waals surface area contributed by atoms with Crippen LogP contribution in [0.4, 0.5) is 0 Å². The molecule has 2 rings (SSSR count). The van der Waals surface area contributed by atoms with Gasteiger partial charge in [0, 0.05) is 34.9 Å². The molecule has 7 heteroatoms. The Balaban J connectivity index is 2.00. The van der Waals surface area contributed by atoms with Crippen molar-refractivity contribution in [1.29, 1.82) is 0 Å². The van der Waals surface area contributed by atoms with Crippen LogP contribution in [0, 0.1) is 0 Å². The van der Waals surface area contributed by atoms with E-state index in [0.717, 1.165) is 29.6 Å². The number of H-pyrrole nitrogens is 1. The highest BCUT2D eigenvalue weighted by molar-refractivity contribution is 7.86. The minimum atomic E-state index is -0.899. The number of aromatic amines is 1. The molecular weight excluding hydrogens is 358 g/mol. The van der Waals surface area contributed by atoms with Crippen molar-refractivity contribution in [3.8, 4) is 11.3 Å². The molecule has 148 valence electrons. The Kier molecular flexibility index (Phi) is 7.59. The predicted octanol–water partition coefficient (Wildman–Crippen LogP) is 3.02. The van der Waals surface area contributed by atoms with Crippen LogP contribution < -0.4 is 5.32 Å². The number of guanidine groups is 1. The van der Waals surface area contributed by atoms with Gasteiger partial charge in [0.25, 0.3) is 0 Å². The molecule has 0 bridgehead atoms. The number of hydrogen-bond acceptors (Lipinski definition) is 3. The van der Waals surface area contributed by atoms with Crippen LogP contribution in [0.3, 0.4) is 0 Å². The van der Waals surface area contributed by atoms with Gasteiger partial charge in [-0.2, -0.15) is 0 Å². The minimum absolute atomic E-state index is 0.207. The number of nitrogens with zero attached hydrogens (tertiary/aromatic N) is 3. The molecule has 2 N–H and O–H groups in total. The number of benzene rings is 1. The second kappa shape index (κ2) is 9.69. The molecule has 1 unspecified atom stereocenters. The van der Waals surface area contributed by atoms with Crippen LogP contribution in [-0.4, -0.2) is 55.7 Å². The fourth-order valence-corrected chi connectivity index (χ4v) is 3.39. The average Bonchev–Trinajstić information content (AvgIpc) is 3.09. The molecule has 1 atom stereocenters. The van der Waals surface area contributed by atoms with Gasteiger partial charge < -0.3 is 15.2 Å². The highest BCUT2D eigenvalue weighted by atomic mass is 32.2. The van der Waals surface area contributed by atoms with Crippen molar-refractivity contribution in [3.63, 3.8) is 0 Å². The van der Waals surface area contributed by atoms with Crippen LogP contribution in [0.2, 0.25) is 0 Å². The summed E-state index contributed by atoms with van der Waals surface area (Å²) in [5.41, 5.74) is 2.12. The van der Waals surface area contributed by atoms with Crippen molar-refractivity contribution in [2.75, 3.05) is 25.9 Å². The minimum Gasteiger partial charge on any atom is -0.357 e. The Morgan fingerprint density at radius 3 is 2.63 bits per heavy atom. The third-order valence-corrected chi connectivity index (χ3v) is 5.94. The van der Waals surface area contributed by atoms with Gasteiger partial charge in [0.05, 0.1) is 25.0 Å². The topological polar surface area (TPSA) is 73.4 Å².